The molecule has 0 aliphatic rings. The van der Waals surface area contributed by atoms with Crippen molar-refractivity contribution in [1.29, 1.82) is 0 Å². The topological polar surface area (TPSA) is 47.7 Å². The Morgan fingerprint density at radius 2 is 2.22 bits per heavy atom. The van der Waals surface area contributed by atoms with E-state index in [9.17, 15) is 0 Å². The van der Waals surface area contributed by atoms with Crippen molar-refractivity contribution in [1.82, 2.24) is 24.6 Å². The molecule has 2 heterocycles. The highest BCUT2D eigenvalue weighted by atomic mass is 15.3. The van der Waals surface area contributed by atoms with Gasteiger partial charge in [0.25, 0.3) is 0 Å². The first-order valence-corrected chi connectivity index (χ1v) is 6.44. The lowest BCUT2D eigenvalue weighted by Crippen LogP contribution is -2.23. The molecule has 0 aromatic carbocycles. The highest BCUT2D eigenvalue weighted by Crippen LogP contribution is 2.06. The third kappa shape index (κ3) is 2.98. The van der Waals surface area contributed by atoms with Gasteiger partial charge >= 0.3 is 0 Å². The zero-order valence-electron chi connectivity index (χ0n) is 11.3. The molecule has 0 saturated carbocycles. The first-order chi connectivity index (χ1) is 8.70. The summed E-state index contributed by atoms with van der Waals surface area (Å²) < 4.78 is 4.14. The Hall–Kier alpha value is -1.62. The molecule has 98 valence electrons. The fraction of sp³-hybridized carbons (Fsp3) is 0.538. The van der Waals surface area contributed by atoms with Crippen LogP contribution in [0.15, 0.2) is 24.7 Å². The van der Waals surface area contributed by atoms with Crippen molar-refractivity contribution < 1.29 is 0 Å². The normalized spacial score (nSPS) is 11.3. The molecule has 2 rings (SSSR count). The zero-order chi connectivity index (χ0) is 13.0. The minimum atomic E-state index is 0.493. The highest BCUT2D eigenvalue weighted by Gasteiger charge is 2.06. The van der Waals surface area contributed by atoms with Crippen LogP contribution in [0.25, 0.3) is 0 Å². The number of hydrogen-bond donors (Lipinski definition) is 1. The molecule has 0 radical (unpaired) electrons. The summed E-state index contributed by atoms with van der Waals surface area (Å²) in [5.41, 5.74) is 1.27. The van der Waals surface area contributed by atoms with E-state index >= 15 is 0 Å². The average Bonchev–Trinajstić information content (AvgIpc) is 2.96. The molecule has 5 heteroatoms. The van der Waals surface area contributed by atoms with Crippen LogP contribution < -0.4 is 5.32 Å². The summed E-state index contributed by atoms with van der Waals surface area (Å²) in [4.78, 5) is 4.31. The SMILES string of the molecule is CCn1ncnc1Cn1cccc1CNC(C)C. The van der Waals surface area contributed by atoms with Gasteiger partial charge in [-0.05, 0) is 19.1 Å². The van der Waals surface area contributed by atoms with Crippen LogP contribution in [-0.4, -0.2) is 25.4 Å². The van der Waals surface area contributed by atoms with Gasteiger partial charge in [0, 0.05) is 31.0 Å². The molecular formula is C13H21N5. The lowest BCUT2D eigenvalue weighted by molar-refractivity contribution is 0.547. The Kier molecular flexibility index (Phi) is 4.15. The molecule has 0 fully saturated rings. The number of nitrogens with zero attached hydrogens (tertiary/aromatic N) is 4. The average molecular weight is 247 g/mol. The van der Waals surface area contributed by atoms with E-state index < -0.39 is 0 Å². The minimum absolute atomic E-state index is 0.493. The van der Waals surface area contributed by atoms with Gasteiger partial charge in [-0.25, -0.2) is 9.67 Å². The number of nitrogens with one attached hydrogen (secondary N) is 1. The molecule has 2 aromatic heterocycles. The molecular weight excluding hydrogens is 226 g/mol. The predicted octanol–water partition coefficient (Wildman–Crippen LogP) is 1.65. The second-order valence-electron chi connectivity index (χ2n) is 4.66. The summed E-state index contributed by atoms with van der Waals surface area (Å²) in [6, 6.07) is 4.71. The Bertz CT molecular complexity index is 483. The monoisotopic (exact) mass is 247 g/mol. The maximum absolute atomic E-state index is 4.31. The van der Waals surface area contributed by atoms with Crippen LogP contribution in [0.3, 0.4) is 0 Å². The van der Waals surface area contributed by atoms with Crippen molar-refractivity contribution in [2.45, 2.75) is 46.4 Å². The number of aromatic nitrogens is 4. The van der Waals surface area contributed by atoms with Gasteiger partial charge in [0.15, 0.2) is 0 Å². The maximum atomic E-state index is 4.31. The van der Waals surface area contributed by atoms with Crippen LogP contribution in [0.4, 0.5) is 0 Å². The van der Waals surface area contributed by atoms with Crippen LogP contribution >= 0.6 is 0 Å². The summed E-state index contributed by atoms with van der Waals surface area (Å²) in [7, 11) is 0. The van der Waals surface area contributed by atoms with Crippen LogP contribution in [0.5, 0.6) is 0 Å². The summed E-state index contributed by atoms with van der Waals surface area (Å²) in [5.74, 6) is 1.000. The first kappa shape index (κ1) is 12.8. The van der Waals surface area contributed by atoms with Crippen molar-refractivity contribution in [3.8, 4) is 0 Å². The van der Waals surface area contributed by atoms with Crippen molar-refractivity contribution >= 4 is 0 Å². The Labute approximate surface area is 108 Å². The molecule has 0 spiro atoms. The molecule has 0 saturated heterocycles. The van der Waals surface area contributed by atoms with Gasteiger partial charge in [-0.15, -0.1) is 0 Å². The van der Waals surface area contributed by atoms with E-state index in [0.717, 1.165) is 25.5 Å². The van der Waals surface area contributed by atoms with Crippen molar-refractivity contribution in [2.75, 3.05) is 0 Å². The van der Waals surface area contributed by atoms with Crippen molar-refractivity contribution in [2.24, 2.45) is 0 Å². The molecule has 18 heavy (non-hydrogen) atoms. The standard InChI is InChI=1S/C13H21N5/c1-4-18-13(15-10-16-18)9-17-7-5-6-12(17)8-14-11(2)3/h5-7,10-11,14H,4,8-9H2,1-3H3. The summed E-state index contributed by atoms with van der Waals surface area (Å²) in [5, 5.41) is 7.63. The lowest BCUT2D eigenvalue weighted by atomic mass is 10.3. The molecule has 1 N–H and O–H groups in total. The van der Waals surface area contributed by atoms with Crippen LogP contribution in [0, 0.1) is 0 Å². The van der Waals surface area contributed by atoms with E-state index in [2.05, 4.69) is 59.1 Å². The second-order valence-corrected chi connectivity index (χ2v) is 4.66. The smallest absolute Gasteiger partial charge is 0.146 e. The molecule has 0 atom stereocenters. The Morgan fingerprint density at radius 1 is 1.39 bits per heavy atom. The fourth-order valence-electron chi connectivity index (χ4n) is 1.90. The molecule has 0 aliphatic heterocycles. The van der Waals surface area contributed by atoms with E-state index in [1.165, 1.54) is 5.69 Å². The third-order valence-electron chi connectivity index (χ3n) is 2.92. The number of aryl methyl sites for hydroxylation is 1. The van der Waals surface area contributed by atoms with Gasteiger partial charge in [0.05, 0.1) is 6.54 Å². The zero-order valence-corrected chi connectivity index (χ0v) is 11.3. The fourth-order valence-corrected chi connectivity index (χ4v) is 1.90. The van der Waals surface area contributed by atoms with E-state index in [0.29, 0.717) is 6.04 Å². The van der Waals surface area contributed by atoms with Crippen LogP contribution in [-0.2, 0) is 19.6 Å². The predicted molar refractivity (Wildman–Crippen MR) is 71.2 cm³/mol. The minimum Gasteiger partial charge on any atom is -0.343 e. The van der Waals surface area contributed by atoms with Crippen LogP contribution in [0.2, 0.25) is 0 Å². The van der Waals surface area contributed by atoms with Gasteiger partial charge in [0.1, 0.15) is 12.2 Å². The molecule has 0 unspecified atom stereocenters. The van der Waals surface area contributed by atoms with Gasteiger partial charge in [-0.1, -0.05) is 13.8 Å². The lowest BCUT2D eigenvalue weighted by Gasteiger charge is -2.12. The largest absolute Gasteiger partial charge is 0.343 e. The Morgan fingerprint density at radius 3 is 2.94 bits per heavy atom. The van der Waals surface area contributed by atoms with E-state index in [1.54, 1.807) is 6.33 Å². The molecule has 2 aromatic rings. The molecule has 0 aliphatic carbocycles. The van der Waals surface area contributed by atoms with E-state index in [4.69, 9.17) is 0 Å². The van der Waals surface area contributed by atoms with E-state index in [1.807, 2.05) is 4.68 Å². The second kappa shape index (κ2) is 5.82. The number of rotatable bonds is 6. The van der Waals surface area contributed by atoms with Crippen molar-refractivity contribution in [3.05, 3.63) is 36.2 Å². The van der Waals surface area contributed by atoms with Gasteiger partial charge in [-0.2, -0.15) is 5.10 Å². The van der Waals surface area contributed by atoms with E-state index in [-0.39, 0.29) is 0 Å². The van der Waals surface area contributed by atoms with Crippen molar-refractivity contribution in [3.63, 3.8) is 0 Å². The third-order valence-corrected chi connectivity index (χ3v) is 2.92. The van der Waals surface area contributed by atoms with Gasteiger partial charge < -0.3 is 9.88 Å². The maximum Gasteiger partial charge on any atom is 0.146 e. The van der Waals surface area contributed by atoms with Crippen LogP contribution in [0.1, 0.15) is 32.3 Å². The quantitative estimate of drug-likeness (QED) is 0.844. The number of hydrogen-bond acceptors (Lipinski definition) is 3. The molecule has 5 nitrogen and oxygen atoms in total. The molecule has 0 bridgehead atoms. The Balaban J connectivity index is 2.07. The highest BCUT2D eigenvalue weighted by molar-refractivity contribution is 5.08. The van der Waals surface area contributed by atoms with Gasteiger partial charge in [0.2, 0.25) is 0 Å². The van der Waals surface area contributed by atoms with Gasteiger partial charge in [-0.3, -0.25) is 0 Å². The summed E-state index contributed by atoms with van der Waals surface area (Å²) in [6.45, 7) is 8.90. The first-order valence-electron chi connectivity index (χ1n) is 6.44. The summed E-state index contributed by atoms with van der Waals surface area (Å²) >= 11 is 0. The summed E-state index contributed by atoms with van der Waals surface area (Å²) in [6.07, 6.45) is 3.71. The molecule has 0 amide bonds.